The standard InChI is InChI=1S/C18H28O6/c1-5-22-17(21)16(20)13-9-15(19)24-18(13)23-14-8-11(4)6-7-12(14)10(2)3/h10-12,14,18,20H,5-9H2,1-4H3/b16-13-/t11-,12+,14-,18-/m1/s1. The number of esters is 2. The molecule has 0 radical (unpaired) electrons. The van der Waals surface area contributed by atoms with Gasteiger partial charge in [-0.3, -0.25) is 4.79 Å². The summed E-state index contributed by atoms with van der Waals surface area (Å²) < 4.78 is 16.1. The van der Waals surface area contributed by atoms with Gasteiger partial charge >= 0.3 is 11.9 Å². The molecule has 6 nitrogen and oxygen atoms in total. The van der Waals surface area contributed by atoms with Crippen LogP contribution >= 0.6 is 0 Å². The highest BCUT2D eigenvalue weighted by Crippen LogP contribution is 2.38. The number of aliphatic hydroxyl groups excluding tert-OH is 1. The van der Waals surface area contributed by atoms with Crippen molar-refractivity contribution in [2.45, 2.75) is 65.8 Å². The van der Waals surface area contributed by atoms with Gasteiger partial charge in [0.1, 0.15) is 0 Å². The number of carbonyl (C=O) groups excluding carboxylic acids is 2. The van der Waals surface area contributed by atoms with Gasteiger partial charge in [-0.2, -0.15) is 0 Å². The van der Waals surface area contributed by atoms with Crippen LogP contribution in [0.1, 0.15) is 53.4 Å². The van der Waals surface area contributed by atoms with Crippen LogP contribution in [0.15, 0.2) is 11.3 Å². The molecule has 0 aromatic rings. The van der Waals surface area contributed by atoms with Crippen LogP contribution in [-0.4, -0.2) is 36.0 Å². The number of hydrogen-bond donors (Lipinski definition) is 1. The van der Waals surface area contributed by atoms with Crippen molar-refractivity contribution >= 4 is 11.9 Å². The van der Waals surface area contributed by atoms with Gasteiger partial charge in [-0.1, -0.05) is 27.2 Å². The molecule has 0 aromatic carbocycles. The Bertz CT molecular complexity index is 510. The molecule has 2 rings (SSSR count). The number of aliphatic hydroxyl groups is 1. The first-order valence-corrected chi connectivity index (χ1v) is 8.77. The molecule has 1 saturated carbocycles. The molecule has 4 atom stereocenters. The highest BCUT2D eigenvalue weighted by Gasteiger charge is 2.40. The lowest BCUT2D eigenvalue weighted by Crippen LogP contribution is -2.37. The summed E-state index contributed by atoms with van der Waals surface area (Å²) in [7, 11) is 0. The second kappa shape index (κ2) is 8.01. The quantitative estimate of drug-likeness (QED) is 0.470. The van der Waals surface area contributed by atoms with Gasteiger partial charge in [0.05, 0.1) is 24.7 Å². The summed E-state index contributed by atoms with van der Waals surface area (Å²) in [6.07, 6.45) is 1.89. The molecule has 1 saturated heterocycles. The summed E-state index contributed by atoms with van der Waals surface area (Å²) in [5.74, 6) is -0.573. The van der Waals surface area contributed by atoms with Crippen molar-refractivity contribution < 1.29 is 28.9 Å². The van der Waals surface area contributed by atoms with E-state index in [2.05, 4.69) is 20.8 Å². The molecular weight excluding hydrogens is 312 g/mol. The molecule has 1 aliphatic carbocycles. The Balaban J connectivity index is 2.17. The fraction of sp³-hybridized carbons (Fsp3) is 0.778. The summed E-state index contributed by atoms with van der Waals surface area (Å²) in [5, 5.41) is 10.1. The minimum atomic E-state index is -1.00. The molecule has 0 bridgehead atoms. The zero-order valence-electron chi connectivity index (χ0n) is 14.9. The highest BCUT2D eigenvalue weighted by molar-refractivity contribution is 5.89. The fourth-order valence-corrected chi connectivity index (χ4v) is 3.54. The minimum Gasteiger partial charge on any atom is -0.502 e. The Morgan fingerprint density at radius 2 is 2.08 bits per heavy atom. The topological polar surface area (TPSA) is 82.1 Å². The number of hydrogen-bond acceptors (Lipinski definition) is 6. The lowest BCUT2D eigenvalue weighted by Gasteiger charge is -2.38. The Hall–Kier alpha value is -1.56. The number of ether oxygens (including phenoxy) is 3. The molecule has 1 N–H and O–H groups in total. The number of rotatable bonds is 5. The van der Waals surface area contributed by atoms with E-state index in [1.165, 1.54) is 0 Å². The zero-order valence-corrected chi connectivity index (χ0v) is 14.9. The Kier molecular flexibility index (Phi) is 6.27. The molecule has 0 unspecified atom stereocenters. The fourth-order valence-electron chi connectivity index (χ4n) is 3.54. The third-order valence-electron chi connectivity index (χ3n) is 4.89. The smallest absolute Gasteiger partial charge is 0.373 e. The van der Waals surface area contributed by atoms with Crippen LogP contribution in [0.4, 0.5) is 0 Å². The van der Waals surface area contributed by atoms with Gasteiger partial charge in [0, 0.05) is 0 Å². The van der Waals surface area contributed by atoms with Gasteiger partial charge < -0.3 is 19.3 Å². The largest absolute Gasteiger partial charge is 0.502 e. The Morgan fingerprint density at radius 1 is 1.38 bits per heavy atom. The van der Waals surface area contributed by atoms with E-state index in [1.807, 2.05) is 0 Å². The van der Waals surface area contributed by atoms with Gasteiger partial charge in [0.25, 0.3) is 0 Å². The van der Waals surface area contributed by atoms with E-state index in [9.17, 15) is 14.7 Å². The molecule has 24 heavy (non-hydrogen) atoms. The first-order chi connectivity index (χ1) is 11.3. The van der Waals surface area contributed by atoms with Crippen LogP contribution in [0, 0.1) is 17.8 Å². The monoisotopic (exact) mass is 340 g/mol. The molecule has 1 heterocycles. The van der Waals surface area contributed by atoms with Crippen LogP contribution in [0.3, 0.4) is 0 Å². The average molecular weight is 340 g/mol. The van der Waals surface area contributed by atoms with E-state index in [0.717, 1.165) is 19.3 Å². The molecule has 1 aliphatic heterocycles. The van der Waals surface area contributed by atoms with Crippen LogP contribution < -0.4 is 0 Å². The normalized spacial score (nSPS) is 32.6. The van der Waals surface area contributed by atoms with Gasteiger partial charge in [-0.05, 0) is 37.5 Å². The molecule has 0 spiro atoms. The maximum atomic E-state index is 11.7. The van der Waals surface area contributed by atoms with Crippen LogP contribution in [0.2, 0.25) is 0 Å². The van der Waals surface area contributed by atoms with E-state index < -0.39 is 24.0 Å². The van der Waals surface area contributed by atoms with Crippen LogP contribution in [0.25, 0.3) is 0 Å². The van der Waals surface area contributed by atoms with Crippen molar-refractivity contribution in [2.75, 3.05) is 6.61 Å². The lowest BCUT2D eigenvalue weighted by molar-refractivity contribution is -0.179. The first kappa shape index (κ1) is 18.8. The average Bonchev–Trinajstić information content (AvgIpc) is 2.87. The van der Waals surface area contributed by atoms with Crippen molar-refractivity contribution in [1.82, 2.24) is 0 Å². The lowest BCUT2D eigenvalue weighted by atomic mass is 9.75. The second-order valence-electron chi connectivity index (χ2n) is 7.09. The van der Waals surface area contributed by atoms with Crippen molar-refractivity contribution in [3.8, 4) is 0 Å². The van der Waals surface area contributed by atoms with Gasteiger partial charge in [0.2, 0.25) is 12.0 Å². The zero-order chi connectivity index (χ0) is 17.9. The van der Waals surface area contributed by atoms with Crippen LogP contribution in [-0.2, 0) is 23.8 Å². The summed E-state index contributed by atoms with van der Waals surface area (Å²) in [6.45, 7) is 8.29. The summed E-state index contributed by atoms with van der Waals surface area (Å²) >= 11 is 0. The van der Waals surface area contributed by atoms with E-state index in [1.54, 1.807) is 6.92 Å². The second-order valence-corrected chi connectivity index (χ2v) is 7.09. The van der Waals surface area contributed by atoms with Crippen molar-refractivity contribution in [1.29, 1.82) is 0 Å². The molecule has 2 fully saturated rings. The predicted octanol–water partition coefficient (Wildman–Crippen LogP) is 3.11. The summed E-state index contributed by atoms with van der Waals surface area (Å²) in [4.78, 5) is 23.4. The third-order valence-corrected chi connectivity index (χ3v) is 4.89. The molecular formula is C18H28O6. The van der Waals surface area contributed by atoms with Gasteiger partial charge in [-0.15, -0.1) is 0 Å². The molecule has 0 amide bonds. The SMILES string of the molecule is CCOC(=O)/C(O)=C1\CC(=O)O[C@H]1O[C@@H]1C[C@H](C)CC[C@H]1C(C)C. The van der Waals surface area contributed by atoms with Crippen molar-refractivity contribution in [3.63, 3.8) is 0 Å². The molecule has 6 heteroatoms. The van der Waals surface area contributed by atoms with Crippen molar-refractivity contribution in [2.24, 2.45) is 17.8 Å². The number of carbonyl (C=O) groups is 2. The molecule has 0 aromatic heterocycles. The molecule has 2 aliphatic rings. The van der Waals surface area contributed by atoms with E-state index in [-0.39, 0.29) is 24.7 Å². The maximum absolute atomic E-state index is 11.7. The van der Waals surface area contributed by atoms with E-state index in [4.69, 9.17) is 14.2 Å². The minimum absolute atomic E-state index is 0.0605. The number of cyclic esters (lactones) is 1. The summed E-state index contributed by atoms with van der Waals surface area (Å²) in [6, 6.07) is 0. The van der Waals surface area contributed by atoms with Gasteiger partial charge in [0.15, 0.2) is 0 Å². The van der Waals surface area contributed by atoms with Gasteiger partial charge in [-0.25, -0.2) is 4.79 Å². The van der Waals surface area contributed by atoms with E-state index in [0.29, 0.717) is 17.8 Å². The highest BCUT2D eigenvalue weighted by atomic mass is 16.7. The van der Waals surface area contributed by atoms with E-state index >= 15 is 0 Å². The Labute approximate surface area is 143 Å². The maximum Gasteiger partial charge on any atom is 0.373 e. The Morgan fingerprint density at radius 3 is 2.71 bits per heavy atom. The van der Waals surface area contributed by atoms with Crippen LogP contribution in [0.5, 0.6) is 0 Å². The summed E-state index contributed by atoms with van der Waals surface area (Å²) in [5.41, 5.74) is 0.166. The molecule has 136 valence electrons. The predicted molar refractivity (Wildman–Crippen MR) is 87.0 cm³/mol. The first-order valence-electron chi connectivity index (χ1n) is 8.77. The van der Waals surface area contributed by atoms with Crippen molar-refractivity contribution in [3.05, 3.63) is 11.3 Å². The third kappa shape index (κ3) is 4.29.